The zero-order valence-corrected chi connectivity index (χ0v) is 21.2. The summed E-state index contributed by atoms with van der Waals surface area (Å²) in [5.41, 5.74) is 0.00656. The number of aryl methyl sites for hydroxylation is 2. The Kier molecular flexibility index (Phi) is 9.10. The highest BCUT2D eigenvalue weighted by Crippen LogP contribution is 2.26. The van der Waals surface area contributed by atoms with Gasteiger partial charge in [0.25, 0.3) is 0 Å². The van der Waals surface area contributed by atoms with Crippen LogP contribution < -0.4 is 21.2 Å². The van der Waals surface area contributed by atoms with Crippen LogP contribution in [0.2, 0.25) is 0 Å². The normalized spacial score (nSPS) is 18.1. The molecule has 2 aliphatic rings. The largest absolute Gasteiger partial charge is 0.365 e. The highest BCUT2D eigenvalue weighted by molar-refractivity contribution is 14.0. The van der Waals surface area contributed by atoms with E-state index < -0.39 is 11.6 Å². The number of hydrogen-bond donors (Lipinski definition) is 2. The fraction of sp³-hybridized carbons (Fsp3) is 0.591. The molecule has 182 valence electrons. The summed E-state index contributed by atoms with van der Waals surface area (Å²) in [6, 6.07) is 3.98. The molecule has 2 N–H and O–H groups in total. The molecule has 0 aliphatic carbocycles. The molecule has 0 radical (unpaired) electrons. The van der Waals surface area contributed by atoms with Gasteiger partial charge in [-0.05, 0) is 44.7 Å². The van der Waals surface area contributed by atoms with Crippen molar-refractivity contribution in [2.45, 2.75) is 58.2 Å². The summed E-state index contributed by atoms with van der Waals surface area (Å²) in [5.74, 6) is 0.478. The van der Waals surface area contributed by atoms with Crippen molar-refractivity contribution in [3.8, 4) is 0 Å². The lowest BCUT2D eigenvalue weighted by Gasteiger charge is -2.21. The maximum Gasteiger partial charge on any atom is 0.345 e. The van der Waals surface area contributed by atoms with E-state index in [4.69, 9.17) is 0 Å². The minimum absolute atomic E-state index is 0. The number of para-hydroxylation sites is 1. The number of nitrogens with zero attached hydrogens (tertiary/aromatic N) is 5. The van der Waals surface area contributed by atoms with E-state index in [9.17, 15) is 13.6 Å². The lowest BCUT2D eigenvalue weighted by Crippen LogP contribution is -2.44. The fourth-order valence-electron chi connectivity index (χ4n) is 4.39. The first kappa shape index (κ1) is 25.4. The second kappa shape index (κ2) is 11.8. The fourth-order valence-corrected chi connectivity index (χ4v) is 4.39. The van der Waals surface area contributed by atoms with E-state index in [0.29, 0.717) is 45.1 Å². The molecule has 0 bridgehead atoms. The van der Waals surface area contributed by atoms with Crippen LogP contribution in [0, 0.1) is 11.6 Å². The van der Waals surface area contributed by atoms with E-state index in [1.54, 1.807) is 14.1 Å². The average Bonchev–Trinajstić information content (AvgIpc) is 3.36. The second-order valence-corrected chi connectivity index (χ2v) is 8.29. The predicted molar refractivity (Wildman–Crippen MR) is 136 cm³/mol. The molecule has 1 aromatic carbocycles. The van der Waals surface area contributed by atoms with Gasteiger partial charge in [-0.25, -0.2) is 18.3 Å². The van der Waals surface area contributed by atoms with E-state index >= 15 is 0 Å². The molecule has 4 rings (SSSR count). The van der Waals surface area contributed by atoms with Crippen LogP contribution >= 0.6 is 24.0 Å². The Morgan fingerprint density at radius 3 is 2.76 bits per heavy atom. The van der Waals surface area contributed by atoms with Crippen LogP contribution in [-0.4, -0.2) is 52.5 Å². The van der Waals surface area contributed by atoms with E-state index in [1.165, 1.54) is 18.2 Å². The molecule has 1 atom stereocenters. The molecule has 1 unspecified atom stereocenters. The van der Waals surface area contributed by atoms with Crippen molar-refractivity contribution in [2.24, 2.45) is 4.99 Å². The van der Waals surface area contributed by atoms with Crippen molar-refractivity contribution in [1.29, 1.82) is 0 Å². The molecule has 0 amide bonds. The van der Waals surface area contributed by atoms with Crippen molar-refractivity contribution < 1.29 is 8.78 Å². The average molecular weight is 575 g/mol. The molecule has 8 nitrogen and oxygen atoms in total. The molecule has 1 saturated heterocycles. The zero-order valence-electron chi connectivity index (χ0n) is 18.9. The minimum Gasteiger partial charge on any atom is -0.365 e. The minimum atomic E-state index is -0.539. The smallest absolute Gasteiger partial charge is 0.345 e. The SMILES string of the molecule is CCNC(=NCCCn1nc2n(c1=O)CCCC2)NC1CCN(c2c(F)cccc2F)C1.I. The van der Waals surface area contributed by atoms with Gasteiger partial charge >= 0.3 is 5.69 Å². The van der Waals surface area contributed by atoms with E-state index in [0.717, 1.165) is 38.1 Å². The molecular formula is C22H32F2IN7O. The Hall–Kier alpha value is -2.18. The summed E-state index contributed by atoms with van der Waals surface area (Å²) >= 11 is 0. The predicted octanol–water partition coefficient (Wildman–Crippen LogP) is 2.50. The maximum atomic E-state index is 14.1. The number of hydrogen-bond acceptors (Lipinski definition) is 4. The quantitative estimate of drug-likeness (QED) is 0.230. The van der Waals surface area contributed by atoms with E-state index in [-0.39, 0.29) is 41.4 Å². The highest BCUT2D eigenvalue weighted by Gasteiger charge is 2.27. The van der Waals surface area contributed by atoms with Crippen LogP contribution in [0.15, 0.2) is 28.0 Å². The second-order valence-electron chi connectivity index (χ2n) is 8.29. The molecule has 0 saturated carbocycles. The number of aromatic nitrogens is 3. The van der Waals surface area contributed by atoms with Gasteiger partial charge in [0.2, 0.25) is 0 Å². The molecule has 1 fully saturated rings. The molecule has 11 heteroatoms. The number of anilines is 1. The molecule has 3 heterocycles. The third kappa shape index (κ3) is 6.04. The first-order chi connectivity index (χ1) is 15.6. The Bertz CT molecular complexity index is 1000. The summed E-state index contributed by atoms with van der Waals surface area (Å²) in [6.45, 7) is 5.60. The van der Waals surface area contributed by atoms with Gasteiger partial charge in [0.05, 0.1) is 0 Å². The van der Waals surface area contributed by atoms with Crippen molar-refractivity contribution >= 4 is 35.6 Å². The van der Waals surface area contributed by atoms with Crippen molar-refractivity contribution in [1.82, 2.24) is 25.0 Å². The number of benzene rings is 1. The van der Waals surface area contributed by atoms with Gasteiger partial charge in [-0.3, -0.25) is 9.56 Å². The Morgan fingerprint density at radius 1 is 1.24 bits per heavy atom. The Labute approximate surface area is 209 Å². The number of guanidine groups is 1. The number of nitrogens with one attached hydrogen (secondary N) is 2. The van der Waals surface area contributed by atoms with Crippen LogP contribution in [0.1, 0.15) is 38.4 Å². The standard InChI is InChI=1S/C22H31F2N7O.HI/c1-2-25-21(26-11-6-13-31-22(32)30-12-4-3-9-19(30)28-31)27-16-10-14-29(15-16)20-17(23)7-5-8-18(20)24;/h5,7-8,16H,2-4,6,9-15H2,1H3,(H2,25,26,27);1H. The Morgan fingerprint density at radius 2 is 2.03 bits per heavy atom. The van der Waals surface area contributed by atoms with Gasteiger partial charge in [0.1, 0.15) is 23.1 Å². The van der Waals surface area contributed by atoms with E-state index in [1.807, 2.05) is 6.92 Å². The molecule has 0 spiro atoms. The lowest BCUT2D eigenvalue weighted by atomic mass is 10.2. The van der Waals surface area contributed by atoms with Crippen LogP contribution in [0.3, 0.4) is 0 Å². The lowest BCUT2D eigenvalue weighted by molar-refractivity contribution is 0.509. The molecular weight excluding hydrogens is 543 g/mol. The first-order valence-corrected chi connectivity index (χ1v) is 11.5. The Balaban J connectivity index is 0.00000306. The monoisotopic (exact) mass is 575 g/mol. The number of rotatable bonds is 7. The van der Waals surface area contributed by atoms with Crippen molar-refractivity contribution in [3.05, 3.63) is 46.1 Å². The summed E-state index contributed by atoms with van der Waals surface area (Å²) in [6.07, 6.45) is 4.44. The summed E-state index contributed by atoms with van der Waals surface area (Å²) < 4.78 is 31.5. The number of aliphatic imine (C=N–C) groups is 1. The topological polar surface area (TPSA) is 79.5 Å². The van der Waals surface area contributed by atoms with Crippen molar-refractivity contribution in [3.63, 3.8) is 0 Å². The van der Waals surface area contributed by atoms with Gasteiger partial charge in [-0.15, -0.1) is 24.0 Å². The van der Waals surface area contributed by atoms with Crippen LogP contribution in [0.4, 0.5) is 14.5 Å². The van der Waals surface area contributed by atoms with Crippen LogP contribution in [-0.2, 0) is 19.5 Å². The van der Waals surface area contributed by atoms with Gasteiger partial charge in [0.15, 0.2) is 5.96 Å². The maximum absolute atomic E-state index is 14.1. The van der Waals surface area contributed by atoms with Gasteiger partial charge in [0, 0.05) is 51.7 Å². The molecule has 1 aromatic heterocycles. The molecule has 2 aliphatic heterocycles. The van der Waals surface area contributed by atoms with Crippen LogP contribution in [0.5, 0.6) is 0 Å². The third-order valence-corrected chi connectivity index (χ3v) is 5.96. The summed E-state index contributed by atoms with van der Waals surface area (Å²) in [7, 11) is 0. The number of fused-ring (bicyclic) bond motifs is 1. The molecule has 2 aromatic rings. The highest BCUT2D eigenvalue weighted by atomic mass is 127. The van der Waals surface area contributed by atoms with Crippen LogP contribution in [0.25, 0.3) is 0 Å². The zero-order chi connectivity index (χ0) is 22.5. The molecule has 33 heavy (non-hydrogen) atoms. The van der Waals surface area contributed by atoms with E-state index in [2.05, 4.69) is 20.7 Å². The first-order valence-electron chi connectivity index (χ1n) is 11.5. The summed E-state index contributed by atoms with van der Waals surface area (Å²) in [4.78, 5) is 18.8. The van der Waals surface area contributed by atoms with Gasteiger partial charge in [-0.1, -0.05) is 6.07 Å². The summed E-state index contributed by atoms with van der Waals surface area (Å²) in [5, 5.41) is 11.0. The third-order valence-electron chi connectivity index (χ3n) is 5.96. The van der Waals surface area contributed by atoms with Gasteiger partial charge in [-0.2, -0.15) is 5.10 Å². The van der Waals surface area contributed by atoms with Gasteiger partial charge < -0.3 is 15.5 Å². The number of halogens is 3. The van der Waals surface area contributed by atoms with Crippen molar-refractivity contribution in [2.75, 3.05) is 31.1 Å².